The molecule has 1 aliphatic carbocycles. The van der Waals surface area contributed by atoms with Crippen molar-refractivity contribution in [3.05, 3.63) is 40.0 Å². The average Bonchev–Trinajstić information content (AvgIpc) is 2.41. The van der Waals surface area contributed by atoms with Crippen molar-refractivity contribution in [3.8, 4) is 0 Å². The lowest BCUT2D eigenvalue weighted by Gasteiger charge is -2.18. The van der Waals surface area contributed by atoms with Crippen LogP contribution in [0.3, 0.4) is 0 Å². The molecular weight excluding hydrogens is 244 g/mol. The van der Waals surface area contributed by atoms with Crippen molar-refractivity contribution in [2.75, 3.05) is 14.2 Å². The summed E-state index contributed by atoms with van der Waals surface area (Å²) in [5.74, 6) is -0.785. The van der Waals surface area contributed by atoms with Crippen LogP contribution < -0.4 is 0 Å². The first kappa shape index (κ1) is 15.0. The Morgan fingerprint density at radius 3 is 2.16 bits per heavy atom. The predicted molar refractivity (Wildman–Crippen MR) is 71.3 cm³/mol. The van der Waals surface area contributed by atoms with Crippen molar-refractivity contribution in [2.45, 2.75) is 27.2 Å². The summed E-state index contributed by atoms with van der Waals surface area (Å²) in [5.41, 5.74) is 4.65. The molecule has 0 aromatic heterocycles. The van der Waals surface area contributed by atoms with Crippen LogP contribution in [0.2, 0.25) is 0 Å². The van der Waals surface area contributed by atoms with Crippen molar-refractivity contribution in [1.82, 2.24) is 0 Å². The van der Waals surface area contributed by atoms with Gasteiger partial charge in [0.25, 0.3) is 0 Å². The first-order valence-electron chi connectivity index (χ1n) is 6.02. The Balaban J connectivity index is 3.36. The number of ketones is 2. The van der Waals surface area contributed by atoms with Crippen LogP contribution in [-0.4, -0.2) is 25.8 Å². The standard InChI is InChI=1S/C15H18O4/c1-6-9(2)7-8-11-10(3)12(16)14(18-4)15(19-5)13(11)17/h8H,6H2,1-5H3. The van der Waals surface area contributed by atoms with E-state index in [4.69, 9.17) is 9.47 Å². The molecule has 0 radical (unpaired) electrons. The quantitative estimate of drug-likeness (QED) is 0.577. The summed E-state index contributed by atoms with van der Waals surface area (Å²) >= 11 is 0. The molecule has 4 nitrogen and oxygen atoms in total. The maximum absolute atomic E-state index is 12.2. The van der Waals surface area contributed by atoms with E-state index in [1.165, 1.54) is 14.2 Å². The molecule has 0 bridgehead atoms. The third-order valence-electron chi connectivity index (χ3n) is 3.01. The molecule has 0 aliphatic heterocycles. The van der Waals surface area contributed by atoms with Gasteiger partial charge >= 0.3 is 0 Å². The number of hydrogen-bond acceptors (Lipinski definition) is 4. The number of carbonyl (C=O) groups is 2. The first-order chi connectivity index (χ1) is 8.97. The number of carbonyl (C=O) groups excluding carboxylic acids is 2. The molecule has 0 atom stereocenters. The average molecular weight is 262 g/mol. The molecule has 0 saturated heterocycles. The fraction of sp³-hybridized carbons (Fsp3) is 0.400. The summed E-state index contributed by atoms with van der Waals surface area (Å²) in [6.07, 6.45) is 2.38. The van der Waals surface area contributed by atoms with Crippen molar-refractivity contribution in [2.24, 2.45) is 0 Å². The van der Waals surface area contributed by atoms with Crippen molar-refractivity contribution >= 4 is 11.6 Å². The Labute approximate surface area is 113 Å². The number of hydrogen-bond donors (Lipinski definition) is 0. The zero-order valence-electron chi connectivity index (χ0n) is 11.9. The van der Waals surface area contributed by atoms with Crippen LogP contribution in [0.15, 0.2) is 40.0 Å². The van der Waals surface area contributed by atoms with Crippen LogP contribution >= 0.6 is 0 Å². The van der Waals surface area contributed by atoms with E-state index in [0.717, 1.165) is 12.0 Å². The molecule has 102 valence electrons. The normalized spacial score (nSPS) is 15.4. The van der Waals surface area contributed by atoms with E-state index in [1.807, 2.05) is 13.8 Å². The van der Waals surface area contributed by atoms with Crippen molar-refractivity contribution in [3.63, 3.8) is 0 Å². The lowest BCUT2D eigenvalue weighted by atomic mass is 9.93. The molecule has 0 amide bonds. The van der Waals surface area contributed by atoms with E-state index in [1.54, 1.807) is 13.0 Å². The molecule has 1 rings (SSSR count). The van der Waals surface area contributed by atoms with Gasteiger partial charge in [-0.05, 0) is 31.9 Å². The lowest BCUT2D eigenvalue weighted by molar-refractivity contribution is -0.120. The van der Waals surface area contributed by atoms with Gasteiger partial charge in [0.15, 0.2) is 0 Å². The van der Waals surface area contributed by atoms with Crippen LogP contribution in [0.1, 0.15) is 27.2 Å². The van der Waals surface area contributed by atoms with Crippen LogP contribution in [0.5, 0.6) is 0 Å². The molecule has 0 aromatic rings. The third-order valence-corrected chi connectivity index (χ3v) is 3.01. The molecule has 1 aliphatic rings. The Bertz CT molecular complexity index is 540. The van der Waals surface area contributed by atoms with Gasteiger partial charge in [-0.2, -0.15) is 0 Å². The van der Waals surface area contributed by atoms with Gasteiger partial charge in [0, 0.05) is 11.1 Å². The number of methoxy groups -OCH3 is 2. The van der Waals surface area contributed by atoms with Gasteiger partial charge in [0.2, 0.25) is 23.1 Å². The molecule has 0 unspecified atom stereocenters. The zero-order chi connectivity index (χ0) is 14.6. The number of Topliss-reactive ketones (excluding diaryl/α,β-unsaturated/α-hetero) is 2. The van der Waals surface area contributed by atoms with Crippen LogP contribution in [0.25, 0.3) is 0 Å². The molecule has 0 N–H and O–H groups in total. The monoisotopic (exact) mass is 262 g/mol. The SMILES string of the molecule is CCC(C)=C=CC1=C(C)C(=O)C(OC)=C(OC)C1=O. The third kappa shape index (κ3) is 2.85. The smallest absolute Gasteiger partial charge is 0.232 e. The Kier molecular flexibility index (Phi) is 4.90. The second-order valence-electron chi connectivity index (χ2n) is 4.19. The topological polar surface area (TPSA) is 52.6 Å². The van der Waals surface area contributed by atoms with E-state index in [9.17, 15) is 9.59 Å². The summed E-state index contributed by atoms with van der Waals surface area (Å²) < 4.78 is 9.94. The first-order valence-corrected chi connectivity index (χ1v) is 6.02. The van der Waals surface area contributed by atoms with Crippen LogP contribution in [0, 0.1) is 0 Å². The Morgan fingerprint density at radius 2 is 1.68 bits per heavy atom. The van der Waals surface area contributed by atoms with E-state index in [2.05, 4.69) is 5.73 Å². The largest absolute Gasteiger partial charge is 0.489 e. The lowest BCUT2D eigenvalue weighted by Crippen LogP contribution is -2.24. The van der Waals surface area contributed by atoms with Crippen molar-refractivity contribution < 1.29 is 19.1 Å². The summed E-state index contributed by atoms with van der Waals surface area (Å²) in [6.45, 7) is 5.50. The van der Waals surface area contributed by atoms with Gasteiger partial charge in [-0.1, -0.05) is 6.92 Å². The fourth-order valence-electron chi connectivity index (χ4n) is 1.63. The van der Waals surface area contributed by atoms with Crippen molar-refractivity contribution in [1.29, 1.82) is 0 Å². The zero-order valence-corrected chi connectivity index (χ0v) is 11.9. The predicted octanol–water partition coefficient (Wildman–Crippen LogP) is 2.47. The minimum atomic E-state index is -0.354. The minimum Gasteiger partial charge on any atom is -0.489 e. The highest BCUT2D eigenvalue weighted by Crippen LogP contribution is 2.26. The maximum atomic E-state index is 12.2. The van der Waals surface area contributed by atoms with Gasteiger partial charge in [0.1, 0.15) is 0 Å². The Hall–Kier alpha value is -2.06. The highest BCUT2D eigenvalue weighted by Gasteiger charge is 2.33. The van der Waals surface area contributed by atoms with E-state index >= 15 is 0 Å². The minimum absolute atomic E-state index is 0.0432. The molecular formula is C15H18O4. The molecule has 0 heterocycles. The second-order valence-corrected chi connectivity index (χ2v) is 4.19. The Morgan fingerprint density at radius 1 is 1.16 bits per heavy atom. The maximum Gasteiger partial charge on any atom is 0.232 e. The van der Waals surface area contributed by atoms with Crippen LogP contribution in [0.4, 0.5) is 0 Å². The molecule has 0 spiro atoms. The number of allylic oxidation sites excluding steroid dienone is 3. The van der Waals surface area contributed by atoms with Gasteiger partial charge in [-0.15, -0.1) is 5.73 Å². The number of ether oxygens (including phenoxy) is 2. The summed E-state index contributed by atoms with van der Waals surface area (Å²) in [6, 6.07) is 0. The van der Waals surface area contributed by atoms with Gasteiger partial charge < -0.3 is 9.47 Å². The van der Waals surface area contributed by atoms with Gasteiger partial charge in [0.05, 0.1) is 14.2 Å². The molecule has 4 heteroatoms. The highest BCUT2D eigenvalue weighted by atomic mass is 16.5. The summed E-state index contributed by atoms with van der Waals surface area (Å²) in [7, 11) is 2.68. The molecule has 19 heavy (non-hydrogen) atoms. The molecule has 0 aromatic carbocycles. The molecule has 0 fully saturated rings. The van der Waals surface area contributed by atoms with Gasteiger partial charge in [-0.3, -0.25) is 9.59 Å². The summed E-state index contributed by atoms with van der Waals surface area (Å²) in [5, 5.41) is 0. The molecule has 0 saturated carbocycles. The van der Waals surface area contributed by atoms with E-state index < -0.39 is 0 Å². The fourth-order valence-corrected chi connectivity index (χ4v) is 1.63. The van der Waals surface area contributed by atoms with E-state index in [0.29, 0.717) is 11.1 Å². The van der Waals surface area contributed by atoms with Crippen LogP contribution in [-0.2, 0) is 19.1 Å². The van der Waals surface area contributed by atoms with Gasteiger partial charge in [-0.25, -0.2) is 0 Å². The second kappa shape index (κ2) is 6.21. The summed E-state index contributed by atoms with van der Waals surface area (Å²) in [4.78, 5) is 24.3. The number of rotatable bonds is 4. The highest BCUT2D eigenvalue weighted by molar-refractivity contribution is 6.24. The van der Waals surface area contributed by atoms with E-state index in [-0.39, 0.29) is 23.1 Å².